The SMILES string of the molecule is Cn1cc(Nc2ncc3cc(-c4c(Cl)cccc4Cl)c(=O)n(OC[C@@H](O)CO)c3n2)cc1C(=O)CCCN1CCCC1. The molecule has 3 aromatic heterocycles. The van der Waals surface area contributed by atoms with E-state index in [9.17, 15) is 19.8 Å². The Morgan fingerprint density at radius 3 is 2.64 bits per heavy atom. The first-order valence-corrected chi connectivity index (χ1v) is 14.5. The van der Waals surface area contributed by atoms with E-state index in [-0.39, 0.29) is 39.6 Å². The molecule has 4 heterocycles. The van der Waals surface area contributed by atoms with Gasteiger partial charge in [0.1, 0.15) is 12.7 Å². The van der Waals surface area contributed by atoms with E-state index in [2.05, 4.69) is 20.2 Å². The second kappa shape index (κ2) is 13.2. The molecule has 0 amide bonds. The van der Waals surface area contributed by atoms with Crippen LogP contribution in [0.15, 0.2) is 47.5 Å². The van der Waals surface area contributed by atoms with Crippen LogP contribution in [0.25, 0.3) is 22.2 Å². The number of carbonyl (C=O) groups is 1. The Balaban J connectivity index is 1.43. The number of nitrogens with zero attached hydrogens (tertiary/aromatic N) is 5. The quantitative estimate of drug-likeness (QED) is 0.204. The largest absolute Gasteiger partial charge is 0.406 e. The lowest BCUT2D eigenvalue weighted by atomic mass is 10.1. The molecule has 0 spiro atoms. The maximum Gasteiger partial charge on any atom is 0.293 e. The number of aliphatic hydroxyl groups excluding tert-OH is 2. The molecule has 1 fully saturated rings. The Kier molecular flexibility index (Phi) is 9.44. The average Bonchev–Trinajstić information content (AvgIpc) is 3.62. The number of halogens is 2. The van der Waals surface area contributed by atoms with E-state index in [0.29, 0.717) is 28.8 Å². The van der Waals surface area contributed by atoms with Gasteiger partial charge in [-0.25, -0.2) is 4.98 Å². The molecule has 0 aliphatic carbocycles. The molecule has 0 bridgehead atoms. The number of hydrogen-bond donors (Lipinski definition) is 3. The summed E-state index contributed by atoms with van der Waals surface area (Å²) >= 11 is 12.8. The fourth-order valence-corrected chi connectivity index (χ4v) is 5.63. The van der Waals surface area contributed by atoms with Crippen molar-refractivity contribution in [1.29, 1.82) is 0 Å². The fourth-order valence-electron chi connectivity index (χ4n) is 5.03. The lowest BCUT2D eigenvalue weighted by Gasteiger charge is -2.16. The number of nitrogens with one attached hydrogen (secondary N) is 1. The van der Waals surface area contributed by atoms with Crippen LogP contribution in [0.2, 0.25) is 10.0 Å². The number of benzene rings is 1. The number of hydrogen-bond acceptors (Lipinski definition) is 9. The minimum absolute atomic E-state index is 0.0552. The number of aryl methyl sites for hydroxylation is 1. The highest BCUT2D eigenvalue weighted by molar-refractivity contribution is 6.39. The third-order valence-electron chi connectivity index (χ3n) is 7.17. The topological polar surface area (TPSA) is 135 Å². The summed E-state index contributed by atoms with van der Waals surface area (Å²) in [5.41, 5.74) is 1.13. The summed E-state index contributed by atoms with van der Waals surface area (Å²) in [5.74, 6) is 0.212. The summed E-state index contributed by atoms with van der Waals surface area (Å²) in [6, 6.07) is 8.21. The number of carbonyl (C=O) groups excluding carboxylic acids is 1. The van der Waals surface area contributed by atoms with Crippen LogP contribution in [0.4, 0.5) is 11.6 Å². The molecule has 5 rings (SSSR count). The predicted octanol–water partition coefficient (Wildman–Crippen LogP) is 3.69. The number of aliphatic hydroxyl groups is 2. The monoisotopic (exact) mass is 614 g/mol. The summed E-state index contributed by atoms with van der Waals surface area (Å²) in [6.45, 7) is 2.20. The van der Waals surface area contributed by atoms with E-state index < -0.39 is 18.3 Å². The molecule has 1 aliphatic rings. The first-order valence-electron chi connectivity index (χ1n) is 13.7. The maximum absolute atomic E-state index is 13.6. The Hall–Kier alpha value is -3.48. The molecule has 0 saturated carbocycles. The van der Waals surface area contributed by atoms with Crippen LogP contribution in [0.5, 0.6) is 0 Å². The first-order chi connectivity index (χ1) is 20.2. The Morgan fingerprint density at radius 2 is 1.93 bits per heavy atom. The van der Waals surface area contributed by atoms with Crippen molar-refractivity contribution in [3.05, 3.63) is 68.8 Å². The lowest BCUT2D eigenvalue weighted by molar-refractivity contribution is 0.0000179. The normalized spacial score (nSPS) is 14.4. The van der Waals surface area contributed by atoms with Crippen LogP contribution >= 0.6 is 23.2 Å². The molecule has 3 N–H and O–H groups in total. The second-order valence-corrected chi connectivity index (χ2v) is 11.1. The van der Waals surface area contributed by atoms with E-state index in [1.165, 1.54) is 19.0 Å². The Bertz CT molecular complexity index is 1630. The van der Waals surface area contributed by atoms with Crippen molar-refractivity contribution in [2.24, 2.45) is 7.05 Å². The van der Waals surface area contributed by atoms with Gasteiger partial charge in [0.15, 0.2) is 11.4 Å². The summed E-state index contributed by atoms with van der Waals surface area (Å²) in [7, 11) is 1.81. The standard InChI is InChI=1S/C29H32Cl2N6O5/c1-35-15-19(13-24(35)25(40)8-5-11-36-9-2-3-10-36)33-29-32-14-18-12-21(26-22(30)6-4-7-23(26)31)28(41)37(27(18)34-29)42-17-20(39)16-38/h4,6-7,12-15,20,38-39H,2-3,5,8-11,16-17H2,1H3,(H,32,33,34)/t20-/m0/s1. The zero-order valence-electron chi connectivity index (χ0n) is 23.1. The van der Waals surface area contributed by atoms with Crippen LogP contribution in [0.1, 0.15) is 36.2 Å². The van der Waals surface area contributed by atoms with E-state index in [1.807, 2.05) is 0 Å². The summed E-state index contributed by atoms with van der Waals surface area (Å²) in [5, 5.41) is 23.2. The number of fused-ring (bicyclic) bond motifs is 1. The third-order valence-corrected chi connectivity index (χ3v) is 7.80. The zero-order chi connectivity index (χ0) is 29.8. The van der Waals surface area contributed by atoms with Crippen molar-refractivity contribution in [2.45, 2.75) is 31.8 Å². The van der Waals surface area contributed by atoms with E-state index in [1.54, 1.807) is 48.1 Å². The lowest BCUT2D eigenvalue weighted by Crippen LogP contribution is -2.34. The highest BCUT2D eigenvalue weighted by Crippen LogP contribution is 2.34. The highest BCUT2D eigenvalue weighted by atomic mass is 35.5. The highest BCUT2D eigenvalue weighted by Gasteiger charge is 2.20. The van der Waals surface area contributed by atoms with Gasteiger partial charge in [-0.05, 0) is 63.2 Å². The molecule has 1 aliphatic heterocycles. The molecule has 222 valence electrons. The van der Waals surface area contributed by atoms with E-state index in [0.717, 1.165) is 30.8 Å². The first kappa shape index (κ1) is 30.0. The van der Waals surface area contributed by atoms with Gasteiger partial charge in [0.05, 0.1) is 33.6 Å². The smallest absolute Gasteiger partial charge is 0.293 e. The van der Waals surface area contributed by atoms with Crippen molar-refractivity contribution in [1.82, 2.24) is 24.2 Å². The minimum atomic E-state index is -1.23. The number of likely N-dealkylation sites (tertiary alicyclic amines) is 1. The van der Waals surface area contributed by atoms with Gasteiger partial charge in [0.2, 0.25) is 5.95 Å². The van der Waals surface area contributed by atoms with Gasteiger partial charge in [0.25, 0.3) is 5.56 Å². The van der Waals surface area contributed by atoms with Crippen molar-refractivity contribution < 1.29 is 19.8 Å². The molecule has 13 heteroatoms. The van der Waals surface area contributed by atoms with Gasteiger partial charge in [-0.15, -0.1) is 4.73 Å². The van der Waals surface area contributed by atoms with E-state index >= 15 is 0 Å². The number of Topliss-reactive ketones (excluding diaryl/α,β-unsaturated/α-hetero) is 1. The molecular weight excluding hydrogens is 583 g/mol. The number of aromatic nitrogens is 4. The van der Waals surface area contributed by atoms with Gasteiger partial charge in [-0.2, -0.15) is 4.98 Å². The van der Waals surface area contributed by atoms with Crippen molar-refractivity contribution >= 4 is 51.7 Å². The Labute approximate surface area is 252 Å². The molecule has 1 aromatic carbocycles. The summed E-state index contributed by atoms with van der Waals surface area (Å²) in [6.07, 6.45) is 5.77. The molecular formula is C29H32Cl2N6O5. The van der Waals surface area contributed by atoms with Crippen LogP contribution in [0.3, 0.4) is 0 Å². The van der Waals surface area contributed by atoms with E-state index in [4.69, 9.17) is 28.0 Å². The van der Waals surface area contributed by atoms with Crippen molar-refractivity contribution in [3.8, 4) is 11.1 Å². The molecule has 0 radical (unpaired) electrons. The van der Waals surface area contributed by atoms with Crippen LogP contribution in [-0.2, 0) is 7.05 Å². The molecule has 42 heavy (non-hydrogen) atoms. The van der Waals surface area contributed by atoms with Crippen LogP contribution in [-0.4, -0.2) is 79.1 Å². The molecule has 1 saturated heterocycles. The summed E-state index contributed by atoms with van der Waals surface area (Å²) in [4.78, 5) is 43.4. The van der Waals surface area contributed by atoms with Crippen molar-refractivity contribution in [2.75, 3.05) is 38.2 Å². The maximum atomic E-state index is 13.6. The average molecular weight is 616 g/mol. The number of anilines is 2. The third kappa shape index (κ3) is 6.61. The van der Waals surface area contributed by atoms with Gasteiger partial charge in [-0.3, -0.25) is 9.59 Å². The Morgan fingerprint density at radius 1 is 1.19 bits per heavy atom. The van der Waals surface area contributed by atoms with Gasteiger partial charge < -0.3 is 29.8 Å². The van der Waals surface area contributed by atoms with Crippen molar-refractivity contribution in [3.63, 3.8) is 0 Å². The van der Waals surface area contributed by atoms with Gasteiger partial charge in [-0.1, -0.05) is 29.3 Å². The zero-order valence-corrected chi connectivity index (χ0v) is 24.6. The number of rotatable bonds is 12. The van der Waals surface area contributed by atoms with Crippen LogP contribution in [0, 0.1) is 0 Å². The van der Waals surface area contributed by atoms with Gasteiger partial charge >= 0.3 is 0 Å². The number of pyridine rings is 1. The minimum Gasteiger partial charge on any atom is -0.406 e. The second-order valence-electron chi connectivity index (χ2n) is 10.3. The van der Waals surface area contributed by atoms with Crippen LogP contribution < -0.4 is 15.7 Å². The van der Waals surface area contributed by atoms with Gasteiger partial charge in [0, 0.05) is 36.8 Å². The fraction of sp³-hybridized carbons (Fsp3) is 0.379. The molecule has 0 unspecified atom stereocenters. The summed E-state index contributed by atoms with van der Waals surface area (Å²) < 4.78 is 2.69. The molecule has 1 atom stereocenters. The predicted molar refractivity (Wildman–Crippen MR) is 162 cm³/mol. The molecule has 11 nitrogen and oxygen atoms in total. The number of ketones is 1. The molecule has 4 aromatic rings.